The zero-order valence-electron chi connectivity index (χ0n) is 22.1. The molecule has 0 aliphatic heterocycles. The molecule has 0 saturated carbocycles. The zero-order valence-corrected chi connectivity index (χ0v) is 22.1. The molecule has 6 nitrogen and oxygen atoms in total. The summed E-state index contributed by atoms with van der Waals surface area (Å²) >= 11 is 0. The summed E-state index contributed by atoms with van der Waals surface area (Å²) in [6.07, 6.45) is 12.1. The second-order valence-corrected chi connectivity index (χ2v) is 9.88. The molecule has 3 atom stereocenters. The molecular weight excluding hydrogens is 444 g/mol. The van der Waals surface area contributed by atoms with E-state index < -0.39 is 23.6 Å². The molecule has 194 valence electrons. The number of ketones is 2. The Labute approximate surface area is 210 Å². The molecular formula is C29H42O6. The van der Waals surface area contributed by atoms with Crippen LogP contribution in [0.3, 0.4) is 0 Å². The minimum atomic E-state index is -1.06. The summed E-state index contributed by atoms with van der Waals surface area (Å²) in [6.45, 7) is 9.65. The summed E-state index contributed by atoms with van der Waals surface area (Å²) in [4.78, 5) is 36.5. The van der Waals surface area contributed by atoms with Gasteiger partial charge in [0.15, 0.2) is 11.6 Å². The lowest BCUT2D eigenvalue weighted by Crippen LogP contribution is -2.37. The normalized spacial score (nSPS) is 21.1. The largest absolute Gasteiger partial charge is 0.469 e. The van der Waals surface area contributed by atoms with Gasteiger partial charge < -0.3 is 14.9 Å². The van der Waals surface area contributed by atoms with E-state index in [1.165, 1.54) is 24.8 Å². The number of esters is 1. The molecule has 0 radical (unpaired) electrons. The van der Waals surface area contributed by atoms with Crippen molar-refractivity contribution in [3.63, 3.8) is 0 Å². The number of methoxy groups -OCH3 is 1. The highest BCUT2D eigenvalue weighted by Gasteiger charge is 2.42. The molecule has 0 unspecified atom stereocenters. The Morgan fingerprint density at radius 3 is 2.20 bits per heavy atom. The molecule has 0 aromatic carbocycles. The number of carbonyl (C=O) groups is 3. The van der Waals surface area contributed by atoms with Gasteiger partial charge in [0.1, 0.15) is 12.2 Å². The number of hydrogen-bond donors (Lipinski definition) is 2. The molecule has 0 fully saturated rings. The first-order valence-electron chi connectivity index (χ1n) is 12.2. The van der Waals surface area contributed by atoms with Crippen molar-refractivity contribution in [2.75, 3.05) is 7.11 Å². The van der Waals surface area contributed by atoms with Crippen LogP contribution in [0.15, 0.2) is 58.7 Å². The fourth-order valence-corrected chi connectivity index (χ4v) is 4.04. The molecule has 0 aromatic rings. The number of aliphatic hydroxyl groups excluding tert-OH is 2. The van der Waals surface area contributed by atoms with E-state index in [1.807, 2.05) is 39.8 Å². The van der Waals surface area contributed by atoms with Crippen LogP contribution in [-0.4, -0.2) is 47.1 Å². The van der Waals surface area contributed by atoms with Crippen LogP contribution in [0.4, 0.5) is 0 Å². The third-order valence-electron chi connectivity index (χ3n) is 6.34. The summed E-state index contributed by atoms with van der Waals surface area (Å²) in [5, 5.41) is 20.2. The predicted molar refractivity (Wildman–Crippen MR) is 139 cm³/mol. The van der Waals surface area contributed by atoms with Crippen LogP contribution >= 0.6 is 0 Å². The summed E-state index contributed by atoms with van der Waals surface area (Å²) < 4.78 is 4.76. The highest BCUT2D eigenvalue weighted by Crippen LogP contribution is 2.37. The second-order valence-electron chi connectivity index (χ2n) is 9.88. The van der Waals surface area contributed by atoms with Gasteiger partial charge in [0.25, 0.3) is 0 Å². The van der Waals surface area contributed by atoms with Gasteiger partial charge >= 0.3 is 5.97 Å². The van der Waals surface area contributed by atoms with Crippen LogP contribution in [0.1, 0.15) is 79.6 Å². The van der Waals surface area contributed by atoms with E-state index >= 15 is 0 Å². The van der Waals surface area contributed by atoms with Gasteiger partial charge in [0.05, 0.1) is 18.9 Å². The van der Waals surface area contributed by atoms with E-state index in [4.69, 9.17) is 4.74 Å². The average Bonchev–Trinajstić information content (AvgIpc) is 2.79. The number of ether oxygens (including phenoxy) is 1. The lowest BCUT2D eigenvalue weighted by atomic mass is 9.70. The summed E-state index contributed by atoms with van der Waals surface area (Å²) in [7, 11) is 1.28. The molecule has 0 saturated heterocycles. The Bertz CT molecular complexity index is 913. The Kier molecular flexibility index (Phi) is 12.8. The number of carbonyl (C=O) groups excluding carboxylic acids is 3. The SMILES string of the molecule is COC(=O)C[C@@]1(CC=C(C)CCC=C(C)CCC=C(C)[C@H](O)[C@H](O)C=C(C)C)CC(=O)C=CC1=O. The van der Waals surface area contributed by atoms with Crippen molar-refractivity contribution in [3.8, 4) is 0 Å². The molecule has 1 rings (SSSR count). The molecule has 0 amide bonds. The molecule has 0 heterocycles. The van der Waals surface area contributed by atoms with Crippen molar-refractivity contribution < 1.29 is 29.3 Å². The van der Waals surface area contributed by atoms with Crippen LogP contribution < -0.4 is 0 Å². The minimum absolute atomic E-state index is 0.0211. The van der Waals surface area contributed by atoms with Crippen molar-refractivity contribution in [3.05, 3.63) is 58.7 Å². The number of rotatable bonds is 13. The topological polar surface area (TPSA) is 101 Å². The maximum atomic E-state index is 12.6. The van der Waals surface area contributed by atoms with Crippen molar-refractivity contribution in [2.45, 2.75) is 91.8 Å². The number of hydrogen-bond acceptors (Lipinski definition) is 6. The summed E-state index contributed by atoms with van der Waals surface area (Å²) in [5.74, 6) is -0.847. The summed E-state index contributed by atoms with van der Waals surface area (Å²) in [5.41, 5.74) is 3.00. The molecule has 1 aliphatic carbocycles. The van der Waals surface area contributed by atoms with Crippen LogP contribution in [0.2, 0.25) is 0 Å². The molecule has 6 heteroatoms. The minimum Gasteiger partial charge on any atom is -0.469 e. The first kappa shape index (κ1) is 30.5. The van der Waals surface area contributed by atoms with Crippen LogP contribution in [0, 0.1) is 5.41 Å². The predicted octanol–water partition coefficient (Wildman–Crippen LogP) is 5.11. The lowest BCUT2D eigenvalue weighted by molar-refractivity contribution is -0.147. The van der Waals surface area contributed by atoms with Crippen molar-refractivity contribution in [2.24, 2.45) is 5.41 Å². The van der Waals surface area contributed by atoms with Gasteiger partial charge in [-0.1, -0.05) is 41.0 Å². The molecule has 0 bridgehead atoms. The Morgan fingerprint density at radius 1 is 1.00 bits per heavy atom. The van der Waals surface area contributed by atoms with Crippen molar-refractivity contribution in [1.82, 2.24) is 0 Å². The highest BCUT2D eigenvalue weighted by atomic mass is 16.5. The van der Waals surface area contributed by atoms with Gasteiger partial charge in [-0.05, 0) is 84.4 Å². The Hall–Kier alpha value is -2.57. The van der Waals surface area contributed by atoms with E-state index in [0.29, 0.717) is 6.42 Å². The van der Waals surface area contributed by atoms with E-state index in [-0.39, 0.29) is 24.4 Å². The van der Waals surface area contributed by atoms with E-state index in [2.05, 4.69) is 13.0 Å². The summed E-state index contributed by atoms with van der Waals surface area (Å²) in [6, 6.07) is 0. The van der Waals surface area contributed by atoms with E-state index in [9.17, 15) is 24.6 Å². The fraction of sp³-hybridized carbons (Fsp3) is 0.552. The second kappa shape index (κ2) is 14.7. The van der Waals surface area contributed by atoms with Gasteiger partial charge in [0.2, 0.25) is 0 Å². The Balaban J connectivity index is 2.63. The fourth-order valence-electron chi connectivity index (χ4n) is 4.04. The van der Waals surface area contributed by atoms with E-state index in [0.717, 1.165) is 42.4 Å². The lowest BCUT2D eigenvalue weighted by Gasteiger charge is -2.30. The third-order valence-corrected chi connectivity index (χ3v) is 6.34. The maximum absolute atomic E-state index is 12.6. The van der Waals surface area contributed by atoms with Gasteiger partial charge in [-0.15, -0.1) is 0 Å². The van der Waals surface area contributed by atoms with Gasteiger partial charge in [-0.3, -0.25) is 14.4 Å². The van der Waals surface area contributed by atoms with Gasteiger partial charge in [0, 0.05) is 6.42 Å². The average molecular weight is 487 g/mol. The van der Waals surface area contributed by atoms with Crippen molar-refractivity contribution >= 4 is 17.5 Å². The molecule has 35 heavy (non-hydrogen) atoms. The maximum Gasteiger partial charge on any atom is 0.306 e. The molecule has 2 N–H and O–H groups in total. The number of aliphatic hydroxyl groups is 2. The Morgan fingerprint density at radius 2 is 1.60 bits per heavy atom. The zero-order chi connectivity index (χ0) is 26.6. The quantitative estimate of drug-likeness (QED) is 0.277. The van der Waals surface area contributed by atoms with Crippen LogP contribution in [0.5, 0.6) is 0 Å². The molecule has 1 aliphatic rings. The van der Waals surface area contributed by atoms with Crippen LogP contribution in [-0.2, 0) is 19.1 Å². The van der Waals surface area contributed by atoms with Gasteiger partial charge in [-0.25, -0.2) is 0 Å². The van der Waals surface area contributed by atoms with Crippen LogP contribution in [0.25, 0.3) is 0 Å². The standard InChI is InChI=1S/C29H42O6/c1-20(2)17-25(31)28(34)23(5)12-8-11-21(3)9-7-10-22(4)15-16-29(19-27(33)35-6)18-24(30)13-14-26(29)32/h9,12-15,17,25,28,31,34H,7-8,10-11,16,18-19H2,1-6H3/t25-,28+,29-/m1/s1. The van der Waals surface area contributed by atoms with E-state index in [1.54, 1.807) is 6.08 Å². The smallest absolute Gasteiger partial charge is 0.306 e. The van der Waals surface area contributed by atoms with Gasteiger partial charge in [-0.2, -0.15) is 0 Å². The van der Waals surface area contributed by atoms with Crippen molar-refractivity contribution in [1.29, 1.82) is 0 Å². The monoisotopic (exact) mass is 486 g/mol. The number of allylic oxidation sites excluding steroid dienone is 8. The third kappa shape index (κ3) is 10.7. The molecule has 0 spiro atoms. The molecule has 0 aromatic heterocycles. The highest BCUT2D eigenvalue weighted by molar-refractivity contribution is 6.09. The first-order valence-corrected chi connectivity index (χ1v) is 12.2. The first-order chi connectivity index (χ1) is 16.4.